The minimum atomic E-state index is 1.14. The van der Waals surface area contributed by atoms with Crippen molar-refractivity contribution in [3.8, 4) is 11.1 Å². The Morgan fingerprint density at radius 2 is 1.02 bits per heavy atom. The van der Waals surface area contributed by atoms with Crippen molar-refractivity contribution in [1.29, 1.82) is 0 Å². The van der Waals surface area contributed by atoms with E-state index < -0.39 is 0 Å². The van der Waals surface area contributed by atoms with Crippen molar-refractivity contribution in [3.05, 3.63) is 158 Å². The highest BCUT2D eigenvalue weighted by atomic mass is 32.1. The first-order valence-electron chi connectivity index (χ1n) is 15.4. The molecule has 0 aliphatic rings. The monoisotopic (exact) mass is 590 g/mol. The topological polar surface area (TPSA) is 7.65 Å². The average molecular weight is 591 g/mol. The molecule has 0 amide bonds. The van der Waals surface area contributed by atoms with E-state index in [1.807, 2.05) is 11.3 Å². The lowest BCUT2D eigenvalue weighted by molar-refractivity contribution is 1.30. The van der Waals surface area contributed by atoms with Crippen molar-refractivity contribution < 1.29 is 0 Å². The van der Waals surface area contributed by atoms with Crippen LogP contribution in [0, 0.1) is 0 Å². The smallest absolute Gasteiger partial charge is 0.0734 e. The van der Waals surface area contributed by atoms with E-state index in [9.17, 15) is 0 Å². The maximum atomic E-state index is 2.51. The minimum absolute atomic E-state index is 1.14. The highest BCUT2D eigenvalue weighted by molar-refractivity contribution is 7.27. The van der Waals surface area contributed by atoms with Crippen molar-refractivity contribution in [2.45, 2.75) is 0 Å². The largest absolute Gasteiger partial charge is 0.310 e. The second kappa shape index (κ2) is 9.43. The summed E-state index contributed by atoms with van der Waals surface area (Å²) < 4.78 is 5.17. The van der Waals surface area contributed by atoms with E-state index in [2.05, 4.69) is 167 Å². The molecule has 0 radical (unpaired) electrons. The maximum absolute atomic E-state index is 2.51. The molecule has 2 nitrogen and oxygen atoms in total. The van der Waals surface area contributed by atoms with Gasteiger partial charge in [-0.15, -0.1) is 11.3 Å². The molecule has 10 aromatic rings. The Balaban J connectivity index is 1.35. The summed E-state index contributed by atoms with van der Waals surface area (Å²) in [5, 5.41) is 7.80. The van der Waals surface area contributed by atoms with E-state index in [1.165, 1.54) is 75.1 Å². The third-order valence-corrected chi connectivity index (χ3v) is 10.5. The molecule has 0 saturated carbocycles. The number of hydrogen-bond acceptors (Lipinski definition) is 2. The van der Waals surface area contributed by atoms with Crippen LogP contribution < -0.4 is 4.90 Å². The minimum Gasteiger partial charge on any atom is -0.310 e. The fraction of sp³-hybridized carbons (Fsp3) is 0. The second-order valence-electron chi connectivity index (χ2n) is 11.7. The SMILES string of the molecule is c1ccc(-c2ccc(N(c3ccccc3)c3cc4sc5c6ccccc6n6c7ccccc7c7cccc3c7c4c56)cc2)cc1. The first-order valence-corrected chi connectivity index (χ1v) is 16.2. The Morgan fingerprint density at radius 1 is 0.444 bits per heavy atom. The van der Waals surface area contributed by atoms with Crippen LogP contribution in [0.2, 0.25) is 0 Å². The Bertz CT molecular complexity index is 2680. The van der Waals surface area contributed by atoms with Gasteiger partial charge in [0.1, 0.15) is 0 Å². The first kappa shape index (κ1) is 24.8. The van der Waals surface area contributed by atoms with Crippen molar-refractivity contribution in [3.63, 3.8) is 0 Å². The van der Waals surface area contributed by atoms with Gasteiger partial charge in [0.05, 0.1) is 26.9 Å². The molecule has 0 aliphatic carbocycles. The lowest BCUT2D eigenvalue weighted by Gasteiger charge is -2.27. The number of para-hydroxylation sites is 3. The number of hydrogen-bond donors (Lipinski definition) is 0. The Kier molecular flexibility index (Phi) is 5.19. The number of aromatic nitrogens is 1. The van der Waals surface area contributed by atoms with Crippen molar-refractivity contribution in [2.24, 2.45) is 0 Å². The fourth-order valence-electron chi connectivity index (χ4n) is 7.39. The predicted molar refractivity (Wildman–Crippen MR) is 194 cm³/mol. The molecule has 0 N–H and O–H groups in total. The first-order chi connectivity index (χ1) is 22.3. The molecule has 0 unspecified atom stereocenters. The summed E-state index contributed by atoms with van der Waals surface area (Å²) >= 11 is 1.92. The number of thiophene rings is 1. The van der Waals surface area contributed by atoms with Crippen molar-refractivity contribution in [2.75, 3.05) is 4.90 Å². The normalized spacial score (nSPS) is 12.0. The van der Waals surface area contributed by atoms with Gasteiger partial charge in [0.25, 0.3) is 0 Å². The van der Waals surface area contributed by atoms with E-state index in [4.69, 9.17) is 0 Å². The standard InChI is InChI=1S/C42H26N2S/c1-3-12-27(13-4-1)28-22-24-30(25-23-28)43(29-14-5-2-6-15-29)37-26-38-40-39-32(18-11-19-33(37)39)31-16-7-9-20-35(31)44-36-21-10-8-17-34(36)42(45-38)41(40)44/h1-26H. The van der Waals surface area contributed by atoms with Gasteiger partial charge < -0.3 is 9.30 Å². The molecule has 3 heterocycles. The van der Waals surface area contributed by atoms with Crippen LogP contribution in [0.25, 0.3) is 69.4 Å². The molecule has 0 spiro atoms. The number of benzene rings is 7. The zero-order valence-electron chi connectivity index (χ0n) is 24.3. The molecule has 0 atom stereocenters. The summed E-state index contributed by atoms with van der Waals surface area (Å²) in [5.74, 6) is 0. The van der Waals surface area contributed by atoms with Gasteiger partial charge in [-0.2, -0.15) is 0 Å². The molecule has 210 valence electrons. The molecule has 45 heavy (non-hydrogen) atoms. The summed E-state index contributed by atoms with van der Waals surface area (Å²) in [6.45, 7) is 0. The molecule has 0 fully saturated rings. The van der Waals surface area contributed by atoms with Gasteiger partial charge >= 0.3 is 0 Å². The van der Waals surface area contributed by atoms with E-state index in [0.717, 1.165) is 11.4 Å². The summed E-state index contributed by atoms with van der Waals surface area (Å²) in [4.78, 5) is 2.43. The highest BCUT2D eigenvalue weighted by Crippen LogP contribution is 2.51. The Hall–Kier alpha value is -5.64. The van der Waals surface area contributed by atoms with E-state index >= 15 is 0 Å². The van der Waals surface area contributed by atoms with Crippen LogP contribution in [0.4, 0.5) is 17.1 Å². The summed E-state index contributed by atoms with van der Waals surface area (Å²) in [6, 6.07) is 57.4. The van der Waals surface area contributed by atoms with Crippen LogP contribution >= 0.6 is 11.3 Å². The Morgan fingerprint density at radius 3 is 1.80 bits per heavy atom. The van der Waals surface area contributed by atoms with E-state index in [0.29, 0.717) is 0 Å². The lowest BCUT2D eigenvalue weighted by atomic mass is 9.98. The average Bonchev–Trinajstić information content (AvgIpc) is 3.59. The fourth-order valence-corrected chi connectivity index (χ4v) is 8.65. The summed E-state index contributed by atoms with van der Waals surface area (Å²) in [7, 11) is 0. The molecule has 3 heteroatoms. The van der Waals surface area contributed by atoms with Crippen LogP contribution in [-0.4, -0.2) is 4.40 Å². The molecular weight excluding hydrogens is 565 g/mol. The maximum Gasteiger partial charge on any atom is 0.0734 e. The quantitative estimate of drug-likeness (QED) is 0.198. The van der Waals surface area contributed by atoms with Crippen molar-refractivity contribution in [1.82, 2.24) is 4.40 Å². The van der Waals surface area contributed by atoms with Gasteiger partial charge in [-0.3, -0.25) is 0 Å². The number of nitrogens with zero attached hydrogens (tertiary/aromatic N) is 2. The molecule has 10 rings (SSSR count). The predicted octanol–water partition coefficient (Wildman–Crippen LogP) is 12.3. The van der Waals surface area contributed by atoms with Gasteiger partial charge in [-0.25, -0.2) is 0 Å². The molecule has 7 aromatic carbocycles. The molecule has 3 aromatic heterocycles. The van der Waals surface area contributed by atoms with E-state index in [-0.39, 0.29) is 0 Å². The number of rotatable bonds is 4. The Labute approximate surface area is 264 Å². The lowest BCUT2D eigenvalue weighted by Crippen LogP contribution is -2.10. The third kappa shape index (κ3) is 3.50. The van der Waals surface area contributed by atoms with Crippen LogP contribution in [-0.2, 0) is 0 Å². The zero-order valence-corrected chi connectivity index (χ0v) is 25.1. The van der Waals surface area contributed by atoms with E-state index in [1.54, 1.807) is 0 Å². The van der Waals surface area contributed by atoms with Gasteiger partial charge in [0, 0.05) is 43.0 Å². The third-order valence-electron chi connectivity index (χ3n) is 9.30. The van der Waals surface area contributed by atoms with Crippen LogP contribution in [0.5, 0.6) is 0 Å². The van der Waals surface area contributed by atoms with Crippen LogP contribution in [0.1, 0.15) is 0 Å². The molecule has 0 aliphatic heterocycles. The molecule has 0 saturated heterocycles. The summed E-state index contributed by atoms with van der Waals surface area (Å²) in [6.07, 6.45) is 0. The zero-order chi connectivity index (χ0) is 29.5. The van der Waals surface area contributed by atoms with Crippen LogP contribution in [0.15, 0.2) is 158 Å². The second-order valence-corrected chi connectivity index (χ2v) is 12.8. The molecule has 0 bridgehead atoms. The summed E-state index contributed by atoms with van der Waals surface area (Å²) in [5.41, 5.74) is 9.74. The van der Waals surface area contributed by atoms with Crippen LogP contribution in [0.3, 0.4) is 0 Å². The van der Waals surface area contributed by atoms with Gasteiger partial charge in [0.2, 0.25) is 0 Å². The van der Waals surface area contributed by atoms with Crippen molar-refractivity contribution >= 4 is 86.7 Å². The van der Waals surface area contributed by atoms with Gasteiger partial charge in [0.15, 0.2) is 0 Å². The number of fused-ring (bicyclic) bond motifs is 6. The molecular formula is C42H26N2S. The highest BCUT2D eigenvalue weighted by Gasteiger charge is 2.24. The van der Waals surface area contributed by atoms with Gasteiger partial charge in [-0.05, 0) is 59.0 Å². The number of anilines is 3. The van der Waals surface area contributed by atoms with Gasteiger partial charge in [-0.1, -0.05) is 115 Å².